The van der Waals surface area contributed by atoms with Crippen molar-refractivity contribution in [3.8, 4) is 0 Å². The molecule has 1 aliphatic heterocycles. The van der Waals surface area contributed by atoms with Gasteiger partial charge in [0.2, 0.25) is 0 Å². The summed E-state index contributed by atoms with van der Waals surface area (Å²) in [7, 11) is 0. The molecule has 1 atom stereocenters. The largest absolute Gasteiger partial charge is 0.316 e. The van der Waals surface area contributed by atoms with E-state index < -0.39 is 0 Å². The molecule has 1 nitrogen and oxygen atoms in total. The van der Waals surface area contributed by atoms with Gasteiger partial charge in [-0.15, -0.1) is 0 Å². The molecule has 0 aromatic heterocycles. The summed E-state index contributed by atoms with van der Waals surface area (Å²) < 4.78 is 0. The Hall–Kier alpha value is 0.440. The second kappa shape index (κ2) is 2.36. The Bertz CT molecular complexity index is 76.6. The van der Waals surface area contributed by atoms with Gasteiger partial charge in [0.15, 0.2) is 0 Å². The highest BCUT2D eigenvalue weighted by Gasteiger charge is 2.26. The maximum Gasteiger partial charge on any atom is 0.00979 e. The Kier molecular flexibility index (Phi) is 1.93. The highest BCUT2D eigenvalue weighted by Crippen LogP contribution is 2.25. The fourth-order valence-corrected chi connectivity index (χ4v) is 1.46. The van der Waals surface area contributed by atoms with Crippen molar-refractivity contribution in [2.24, 2.45) is 5.41 Å². The van der Waals surface area contributed by atoms with Gasteiger partial charge in [-0.1, -0.05) is 22.9 Å². The van der Waals surface area contributed by atoms with Gasteiger partial charge in [0.25, 0.3) is 0 Å². The summed E-state index contributed by atoms with van der Waals surface area (Å²) in [5.41, 5.74) is 0.542. The lowest BCUT2D eigenvalue weighted by atomic mass is 9.93. The molecule has 1 N–H and O–H groups in total. The first-order chi connectivity index (χ1) is 3.77. The minimum Gasteiger partial charge on any atom is -0.316 e. The maximum absolute atomic E-state index is 3.49. The van der Waals surface area contributed by atoms with Gasteiger partial charge in [-0.05, 0) is 18.4 Å². The van der Waals surface area contributed by atoms with Crippen LogP contribution in [-0.2, 0) is 0 Å². The maximum atomic E-state index is 3.49. The summed E-state index contributed by atoms with van der Waals surface area (Å²) in [5, 5.41) is 4.47. The van der Waals surface area contributed by atoms with Crippen molar-refractivity contribution in [2.75, 3.05) is 18.4 Å². The lowest BCUT2D eigenvalue weighted by Gasteiger charge is -2.17. The molecule has 0 aliphatic carbocycles. The SMILES string of the molecule is C[C@@]1(CBr)CCNC1. The van der Waals surface area contributed by atoms with Crippen molar-refractivity contribution in [2.45, 2.75) is 13.3 Å². The predicted octanol–water partition coefficient (Wildman–Crippen LogP) is 1.38. The zero-order valence-corrected chi connectivity index (χ0v) is 6.79. The van der Waals surface area contributed by atoms with Gasteiger partial charge in [0.05, 0.1) is 0 Å². The van der Waals surface area contributed by atoms with Gasteiger partial charge in [-0.3, -0.25) is 0 Å². The standard InChI is InChI=1S/C6H12BrN/c1-6(4-7)2-3-8-5-6/h8H,2-5H2,1H3/t6-/m0/s1. The van der Waals surface area contributed by atoms with Crippen LogP contribution in [-0.4, -0.2) is 18.4 Å². The molecule has 0 bridgehead atoms. The van der Waals surface area contributed by atoms with Gasteiger partial charge in [-0.25, -0.2) is 0 Å². The third-order valence-corrected chi connectivity index (χ3v) is 3.13. The zero-order chi connectivity index (χ0) is 6.04. The summed E-state index contributed by atoms with van der Waals surface area (Å²) in [4.78, 5) is 0. The number of halogens is 1. The third kappa shape index (κ3) is 1.23. The molecule has 2 heteroatoms. The predicted molar refractivity (Wildman–Crippen MR) is 39.4 cm³/mol. The topological polar surface area (TPSA) is 12.0 Å². The first-order valence-electron chi connectivity index (χ1n) is 3.04. The molecule has 1 rings (SSSR count). The van der Waals surface area contributed by atoms with Gasteiger partial charge in [0.1, 0.15) is 0 Å². The van der Waals surface area contributed by atoms with Crippen molar-refractivity contribution < 1.29 is 0 Å². The molecular weight excluding hydrogens is 166 g/mol. The van der Waals surface area contributed by atoms with Crippen LogP contribution in [0.5, 0.6) is 0 Å². The molecule has 48 valence electrons. The van der Waals surface area contributed by atoms with E-state index in [0.29, 0.717) is 5.41 Å². The van der Waals surface area contributed by atoms with Crippen LogP contribution in [0.2, 0.25) is 0 Å². The summed E-state index contributed by atoms with van der Waals surface area (Å²) in [6, 6.07) is 0. The van der Waals surface area contributed by atoms with Gasteiger partial charge in [-0.2, -0.15) is 0 Å². The normalized spacial score (nSPS) is 38.2. The lowest BCUT2D eigenvalue weighted by molar-refractivity contribution is 0.427. The molecule has 0 radical (unpaired) electrons. The molecule has 1 fully saturated rings. The molecule has 1 aliphatic rings. The van der Waals surface area contributed by atoms with Crippen molar-refractivity contribution in [1.82, 2.24) is 5.32 Å². The Balaban J connectivity index is 2.40. The summed E-state index contributed by atoms with van der Waals surface area (Å²) in [6.07, 6.45) is 1.32. The van der Waals surface area contributed by atoms with Crippen molar-refractivity contribution in [3.05, 3.63) is 0 Å². The lowest BCUT2D eigenvalue weighted by Crippen LogP contribution is -2.21. The minimum absolute atomic E-state index is 0.542. The second-order valence-corrected chi connectivity index (χ2v) is 3.43. The monoisotopic (exact) mass is 177 g/mol. The van der Waals surface area contributed by atoms with E-state index in [1.807, 2.05) is 0 Å². The number of alkyl halides is 1. The summed E-state index contributed by atoms with van der Waals surface area (Å²) in [6.45, 7) is 4.68. The van der Waals surface area contributed by atoms with Crippen LogP contribution in [0, 0.1) is 5.41 Å². The van der Waals surface area contributed by atoms with E-state index in [2.05, 4.69) is 28.2 Å². The Morgan fingerprint density at radius 2 is 2.50 bits per heavy atom. The van der Waals surface area contributed by atoms with E-state index in [0.717, 1.165) is 5.33 Å². The number of rotatable bonds is 1. The van der Waals surface area contributed by atoms with E-state index in [1.54, 1.807) is 0 Å². The van der Waals surface area contributed by atoms with Crippen LogP contribution in [0.4, 0.5) is 0 Å². The molecule has 0 aromatic carbocycles. The first-order valence-corrected chi connectivity index (χ1v) is 4.16. The third-order valence-electron chi connectivity index (χ3n) is 1.78. The van der Waals surface area contributed by atoms with E-state index in [4.69, 9.17) is 0 Å². The molecule has 8 heavy (non-hydrogen) atoms. The molecular formula is C6H12BrN. The van der Waals surface area contributed by atoms with Crippen LogP contribution in [0.1, 0.15) is 13.3 Å². The zero-order valence-electron chi connectivity index (χ0n) is 5.21. The second-order valence-electron chi connectivity index (χ2n) is 2.87. The fraction of sp³-hybridized carbons (Fsp3) is 1.00. The van der Waals surface area contributed by atoms with Crippen molar-refractivity contribution in [1.29, 1.82) is 0 Å². The molecule has 0 amide bonds. The molecule has 0 aromatic rings. The van der Waals surface area contributed by atoms with Crippen LogP contribution < -0.4 is 5.32 Å². The van der Waals surface area contributed by atoms with Crippen LogP contribution in [0.3, 0.4) is 0 Å². The molecule has 1 heterocycles. The average molecular weight is 178 g/mol. The average Bonchev–Trinajstić information content (AvgIpc) is 2.17. The number of hydrogen-bond donors (Lipinski definition) is 1. The molecule has 1 saturated heterocycles. The Morgan fingerprint density at radius 3 is 2.75 bits per heavy atom. The Morgan fingerprint density at radius 1 is 1.75 bits per heavy atom. The van der Waals surface area contributed by atoms with Gasteiger partial charge < -0.3 is 5.32 Å². The molecule has 0 spiro atoms. The van der Waals surface area contributed by atoms with Crippen molar-refractivity contribution in [3.63, 3.8) is 0 Å². The first kappa shape index (κ1) is 6.56. The Labute approximate surface area is 59.0 Å². The van der Waals surface area contributed by atoms with Gasteiger partial charge in [0, 0.05) is 11.9 Å². The molecule has 0 saturated carbocycles. The highest BCUT2D eigenvalue weighted by molar-refractivity contribution is 9.09. The smallest absolute Gasteiger partial charge is 0.00979 e. The number of nitrogens with one attached hydrogen (secondary N) is 1. The number of hydrogen-bond acceptors (Lipinski definition) is 1. The van der Waals surface area contributed by atoms with E-state index in [1.165, 1.54) is 19.5 Å². The van der Waals surface area contributed by atoms with Crippen LogP contribution in [0.15, 0.2) is 0 Å². The van der Waals surface area contributed by atoms with Gasteiger partial charge >= 0.3 is 0 Å². The van der Waals surface area contributed by atoms with E-state index >= 15 is 0 Å². The van der Waals surface area contributed by atoms with Crippen LogP contribution >= 0.6 is 15.9 Å². The highest BCUT2D eigenvalue weighted by atomic mass is 79.9. The summed E-state index contributed by atoms with van der Waals surface area (Å²) >= 11 is 3.49. The van der Waals surface area contributed by atoms with E-state index in [9.17, 15) is 0 Å². The quantitative estimate of drug-likeness (QED) is 0.598. The fourth-order valence-electron chi connectivity index (χ4n) is 0.983. The minimum atomic E-state index is 0.542. The van der Waals surface area contributed by atoms with Crippen LogP contribution in [0.25, 0.3) is 0 Å². The van der Waals surface area contributed by atoms with Crippen molar-refractivity contribution >= 4 is 15.9 Å². The summed E-state index contributed by atoms with van der Waals surface area (Å²) in [5.74, 6) is 0. The van der Waals surface area contributed by atoms with E-state index in [-0.39, 0.29) is 0 Å². The molecule has 0 unspecified atom stereocenters.